The van der Waals surface area contributed by atoms with Crippen LogP contribution in [0.15, 0.2) is 54.6 Å². The second-order valence-corrected chi connectivity index (χ2v) is 4.28. The molecule has 0 amide bonds. The second kappa shape index (κ2) is 5.40. The number of ketones is 1. The van der Waals surface area contributed by atoms with Crippen LogP contribution in [-0.2, 0) is 0 Å². The molecule has 96 valence electrons. The van der Waals surface area contributed by atoms with Crippen molar-refractivity contribution in [3.8, 4) is 5.75 Å². The minimum atomic E-state index is -0.432. The number of aliphatic hydroxyl groups excluding tert-OH is 1. The van der Waals surface area contributed by atoms with Crippen LogP contribution < -0.4 is 0 Å². The number of carbonyl (C=O) groups is 1. The third kappa shape index (κ3) is 3.01. The maximum atomic E-state index is 12.0. The lowest BCUT2D eigenvalue weighted by Crippen LogP contribution is -1.97. The molecule has 0 bridgehead atoms. The molecular formula is C16H14O3. The van der Waals surface area contributed by atoms with Crippen molar-refractivity contribution < 1.29 is 15.0 Å². The van der Waals surface area contributed by atoms with Crippen molar-refractivity contribution in [1.82, 2.24) is 0 Å². The average Bonchev–Trinajstić information content (AvgIpc) is 2.39. The van der Waals surface area contributed by atoms with Crippen LogP contribution in [0.2, 0.25) is 0 Å². The molecule has 2 aromatic rings. The molecule has 0 atom stereocenters. The molecule has 0 saturated heterocycles. The van der Waals surface area contributed by atoms with E-state index in [4.69, 9.17) is 0 Å². The van der Waals surface area contributed by atoms with Gasteiger partial charge >= 0.3 is 0 Å². The number of aryl methyl sites for hydroxylation is 1. The number of allylic oxidation sites excluding steroid dienone is 1. The van der Waals surface area contributed by atoms with E-state index in [0.717, 1.165) is 11.6 Å². The zero-order valence-electron chi connectivity index (χ0n) is 10.5. The third-order valence-electron chi connectivity index (χ3n) is 2.76. The summed E-state index contributed by atoms with van der Waals surface area (Å²) in [6.07, 6.45) is 1.11. The van der Waals surface area contributed by atoms with Gasteiger partial charge in [-0.15, -0.1) is 0 Å². The van der Waals surface area contributed by atoms with Gasteiger partial charge in [-0.25, -0.2) is 0 Å². The summed E-state index contributed by atoms with van der Waals surface area (Å²) in [5.74, 6) is -0.633. The number of benzene rings is 2. The molecular weight excluding hydrogens is 240 g/mol. The van der Waals surface area contributed by atoms with Crippen LogP contribution in [0.5, 0.6) is 5.75 Å². The molecule has 0 aliphatic carbocycles. The Balaban J connectivity index is 2.30. The first-order valence-corrected chi connectivity index (χ1v) is 5.88. The minimum Gasteiger partial charge on any atom is -0.507 e. The van der Waals surface area contributed by atoms with Crippen LogP contribution in [0, 0.1) is 6.92 Å². The number of hydrogen-bond donors (Lipinski definition) is 2. The Kier molecular flexibility index (Phi) is 3.66. The average molecular weight is 254 g/mol. The zero-order chi connectivity index (χ0) is 13.8. The SMILES string of the molecule is Cc1ccc(C(=O)/C=C(/O)c2ccccc2)c(O)c1. The van der Waals surface area contributed by atoms with Gasteiger partial charge in [0.1, 0.15) is 11.5 Å². The summed E-state index contributed by atoms with van der Waals surface area (Å²) in [7, 11) is 0. The van der Waals surface area contributed by atoms with Gasteiger partial charge in [-0.2, -0.15) is 0 Å². The molecule has 0 aromatic heterocycles. The number of phenols is 1. The highest BCUT2D eigenvalue weighted by molar-refractivity contribution is 6.09. The Bertz CT molecular complexity index is 628. The van der Waals surface area contributed by atoms with Crippen molar-refractivity contribution >= 4 is 11.5 Å². The highest BCUT2D eigenvalue weighted by Gasteiger charge is 2.10. The fraction of sp³-hybridized carbons (Fsp3) is 0.0625. The molecule has 2 aromatic carbocycles. The van der Waals surface area contributed by atoms with Crippen molar-refractivity contribution in [1.29, 1.82) is 0 Å². The van der Waals surface area contributed by atoms with Crippen molar-refractivity contribution in [2.75, 3.05) is 0 Å². The third-order valence-corrected chi connectivity index (χ3v) is 2.76. The Morgan fingerprint density at radius 3 is 2.42 bits per heavy atom. The summed E-state index contributed by atoms with van der Waals surface area (Å²) in [4.78, 5) is 12.0. The fourth-order valence-electron chi connectivity index (χ4n) is 1.74. The molecule has 2 N–H and O–H groups in total. The molecule has 19 heavy (non-hydrogen) atoms. The summed E-state index contributed by atoms with van der Waals surface area (Å²) in [6.45, 7) is 1.82. The number of rotatable bonds is 3. The Hall–Kier alpha value is -2.55. The van der Waals surface area contributed by atoms with E-state index in [9.17, 15) is 15.0 Å². The van der Waals surface area contributed by atoms with Gasteiger partial charge in [-0.3, -0.25) is 4.79 Å². The first kappa shape index (κ1) is 12.9. The maximum absolute atomic E-state index is 12.0. The maximum Gasteiger partial charge on any atom is 0.193 e. The van der Waals surface area contributed by atoms with Crippen LogP contribution >= 0.6 is 0 Å². The predicted molar refractivity (Wildman–Crippen MR) is 74.2 cm³/mol. The highest BCUT2D eigenvalue weighted by atomic mass is 16.3. The molecule has 0 aliphatic heterocycles. The summed E-state index contributed by atoms with van der Waals surface area (Å²) in [5, 5.41) is 19.6. The van der Waals surface area contributed by atoms with Crippen LogP contribution in [0.1, 0.15) is 21.5 Å². The minimum absolute atomic E-state index is 0.0814. The van der Waals surface area contributed by atoms with Gasteiger partial charge in [0.2, 0.25) is 0 Å². The smallest absolute Gasteiger partial charge is 0.193 e. The normalized spacial score (nSPS) is 11.3. The summed E-state index contributed by atoms with van der Waals surface area (Å²) >= 11 is 0. The number of hydrogen-bond acceptors (Lipinski definition) is 3. The van der Waals surface area contributed by atoms with Crippen molar-refractivity contribution in [2.24, 2.45) is 0 Å². The van der Waals surface area contributed by atoms with Gasteiger partial charge in [0.05, 0.1) is 5.56 Å². The van der Waals surface area contributed by atoms with Crippen molar-refractivity contribution in [3.05, 3.63) is 71.3 Å². The Morgan fingerprint density at radius 1 is 1.11 bits per heavy atom. The monoisotopic (exact) mass is 254 g/mol. The van der Waals surface area contributed by atoms with Crippen molar-refractivity contribution in [3.63, 3.8) is 0 Å². The van der Waals surface area contributed by atoms with Crippen LogP contribution in [0.3, 0.4) is 0 Å². The van der Waals surface area contributed by atoms with E-state index in [1.54, 1.807) is 36.4 Å². The number of phenolic OH excluding ortho intramolecular Hbond substituents is 1. The molecule has 0 unspecified atom stereocenters. The molecule has 2 rings (SSSR count). The summed E-state index contributed by atoms with van der Waals surface area (Å²) in [5.41, 5.74) is 1.60. The van der Waals surface area contributed by atoms with E-state index >= 15 is 0 Å². The molecule has 0 radical (unpaired) electrons. The molecule has 0 heterocycles. The van der Waals surface area contributed by atoms with E-state index in [-0.39, 0.29) is 17.1 Å². The lowest BCUT2D eigenvalue weighted by Gasteiger charge is -2.03. The topological polar surface area (TPSA) is 57.5 Å². The van der Waals surface area contributed by atoms with E-state index in [1.807, 2.05) is 13.0 Å². The standard InChI is InChI=1S/C16H14O3/c1-11-7-8-13(15(18)9-11)16(19)10-14(17)12-5-3-2-4-6-12/h2-10,17-18H,1H3/b14-10+. The second-order valence-electron chi connectivity index (χ2n) is 4.28. The predicted octanol–water partition coefficient (Wildman–Crippen LogP) is 3.48. The van der Waals surface area contributed by atoms with E-state index < -0.39 is 5.78 Å². The molecule has 3 nitrogen and oxygen atoms in total. The van der Waals surface area contributed by atoms with Gasteiger partial charge in [0.15, 0.2) is 5.78 Å². The summed E-state index contributed by atoms with van der Waals surface area (Å²) < 4.78 is 0. The van der Waals surface area contributed by atoms with Crippen LogP contribution in [0.25, 0.3) is 5.76 Å². The van der Waals surface area contributed by atoms with E-state index in [0.29, 0.717) is 5.56 Å². The zero-order valence-corrected chi connectivity index (χ0v) is 10.5. The van der Waals surface area contributed by atoms with E-state index in [2.05, 4.69) is 0 Å². The van der Waals surface area contributed by atoms with Crippen LogP contribution in [-0.4, -0.2) is 16.0 Å². The summed E-state index contributed by atoms with van der Waals surface area (Å²) in [6, 6.07) is 13.6. The van der Waals surface area contributed by atoms with Gasteiger partial charge in [-0.1, -0.05) is 36.4 Å². The Morgan fingerprint density at radius 2 is 1.79 bits per heavy atom. The van der Waals surface area contributed by atoms with Gasteiger partial charge < -0.3 is 10.2 Å². The number of carbonyl (C=O) groups excluding carboxylic acids is 1. The number of aliphatic hydroxyl groups is 1. The quantitative estimate of drug-likeness (QED) is 0.501. The lowest BCUT2D eigenvalue weighted by atomic mass is 10.1. The molecule has 0 spiro atoms. The van der Waals surface area contributed by atoms with Crippen LogP contribution in [0.4, 0.5) is 0 Å². The van der Waals surface area contributed by atoms with Gasteiger partial charge in [-0.05, 0) is 24.6 Å². The molecule has 0 fully saturated rings. The highest BCUT2D eigenvalue weighted by Crippen LogP contribution is 2.21. The first-order valence-electron chi connectivity index (χ1n) is 5.88. The lowest BCUT2D eigenvalue weighted by molar-refractivity contribution is 0.104. The van der Waals surface area contributed by atoms with Gasteiger partial charge in [0, 0.05) is 11.6 Å². The number of aromatic hydroxyl groups is 1. The molecule has 0 saturated carbocycles. The van der Waals surface area contributed by atoms with Gasteiger partial charge in [0.25, 0.3) is 0 Å². The van der Waals surface area contributed by atoms with Crippen molar-refractivity contribution in [2.45, 2.75) is 6.92 Å². The molecule has 3 heteroatoms. The largest absolute Gasteiger partial charge is 0.507 e. The Labute approximate surface area is 111 Å². The fourth-order valence-corrected chi connectivity index (χ4v) is 1.74. The first-order chi connectivity index (χ1) is 9.08. The van der Waals surface area contributed by atoms with E-state index in [1.165, 1.54) is 6.07 Å². The molecule has 0 aliphatic rings.